The number of alkyl halides is 1. The fourth-order valence-corrected chi connectivity index (χ4v) is 2.21. The van der Waals surface area contributed by atoms with Gasteiger partial charge in [0.1, 0.15) is 11.3 Å². The molecular weight excluding hydrogens is 258 g/mol. The van der Waals surface area contributed by atoms with E-state index in [1.807, 2.05) is 0 Å². The summed E-state index contributed by atoms with van der Waals surface area (Å²) in [6.07, 6.45) is 0.296. The first-order valence-corrected chi connectivity index (χ1v) is 5.82. The maximum atomic E-state index is 11.7. The van der Waals surface area contributed by atoms with Gasteiger partial charge in [-0.2, -0.15) is 0 Å². The molecule has 6 heteroatoms. The monoisotopic (exact) mass is 269 g/mol. The summed E-state index contributed by atoms with van der Waals surface area (Å²) >= 11 is 5.92. The first-order valence-electron chi connectivity index (χ1n) is 5.38. The second-order valence-corrected chi connectivity index (χ2v) is 4.61. The zero-order valence-electron chi connectivity index (χ0n) is 9.72. The number of hydrogen-bond acceptors (Lipinski definition) is 3. The van der Waals surface area contributed by atoms with Crippen molar-refractivity contribution in [3.63, 3.8) is 0 Å². The van der Waals surface area contributed by atoms with Crippen LogP contribution in [0.3, 0.4) is 0 Å². The lowest BCUT2D eigenvalue weighted by Gasteiger charge is -2.17. The van der Waals surface area contributed by atoms with Gasteiger partial charge in [-0.15, -0.1) is 11.6 Å². The van der Waals surface area contributed by atoms with Gasteiger partial charge in [-0.25, -0.2) is 4.79 Å². The first kappa shape index (κ1) is 12.7. The fraction of sp³-hybridized carbons (Fsp3) is 0.333. The molecule has 0 bridgehead atoms. The smallest absolute Gasteiger partial charge is 0.339 e. The first-order chi connectivity index (χ1) is 8.52. The molecule has 1 aromatic rings. The van der Waals surface area contributed by atoms with Gasteiger partial charge in [0.2, 0.25) is 5.91 Å². The third-order valence-corrected chi connectivity index (χ3v) is 3.10. The van der Waals surface area contributed by atoms with E-state index in [0.29, 0.717) is 18.7 Å². The molecule has 96 valence electrons. The van der Waals surface area contributed by atoms with Gasteiger partial charge in [0.25, 0.3) is 0 Å². The van der Waals surface area contributed by atoms with E-state index in [-0.39, 0.29) is 22.6 Å². The zero-order chi connectivity index (χ0) is 13.3. The third-order valence-electron chi connectivity index (χ3n) is 2.81. The van der Waals surface area contributed by atoms with E-state index in [9.17, 15) is 9.59 Å². The van der Waals surface area contributed by atoms with Crippen LogP contribution in [-0.2, 0) is 4.79 Å². The third kappa shape index (κ3) is 2.26. The number of aromatic carboxylic acids is 1. The van der Waals surface area contributed by atoms with Crippen LogP contribution in [0.4, 0.5) is 5.69 Å². The average Bonchev–Trinajstić information content (AvgIpc) is 2.67. The predicted octanol–water partition coefficient (Wildman–Crippen LogP) is 1.74. The fourth-order valence-electron chi connectivity index (χ4n) is 1.94. The SMILES string of the molecule is COc1cc(N2CC(Cl)CC2=O)ccc1C(=O)O. The maximum absolute atomic E-state index is 11.7. The Hall–Kier alpha value is -1.75. The standard InChI is InChI=1S/C12H12ClNO4/c1-18-10-5-8(2-3-9(10)12(16)17)14-6-7(13)4-11(14)15/h2-3,5,7H,4,6H2,1H3,(H,16,17). The van der Waals surface area contributed by atoms with Crippen LogP contribution in [0.2, 0.25) is 0 Å². The van der Waals surface area contributed by atoms with E-state index in [4.69, 9.17) is 21.4 Å². The topological polar surface area (TPSA) is 66.8 Å². The number of halogens is 1. The van der Waals surface area contributed by atoms with Gasteiger partial charge in [0, 0.05) is 24.7 Å². The molecule has 18 heavy (non-hydrogen) atoms. The molecule has 1 atom stereocenters. The van der Waals surface area contributed by atoms with E-state index in [1.54, 1.807) is 6.07 Å². The Bertz CT molecular complexity index is 503. The second-order valence-electron chi connectivity index (χ2n) is 4.00. The largest absolute Gasteiger partial charge is 0.496 e. The van der Waals surface area contributed by atoms with Gasteiger partial charge >= 0.3 is 5.97 Å². The highest BCUT2D eigenvalue weighted by Gasteiger charge is 2.29. The summed E-state index contributed by atoms with van der Waals surface area (Å²) < 4.78 is 5.02. The number of carboxylic acids is 1. The molecular formula is C12H12ClNO4. The number of methoxy groups -OCH3 is 1. The van der Waals surface area contributed by atoms with Crippen molar-refractivity contribution in [1.82, 2.24) is 0 Å². The highest BCUT2D eigenvalue weighted by atomic mass is 35.5. The van der Waals surface area contributed by atoms with E-state index < -0.39 is 5.97 Å². The van der Waals surface area contributed by atoms with Crippen LogP contribution in [-0.4, -0.2) is 36.0 Å². The summed E-state index contributed by atoms with van der Waals surface area (Å²) in [4.78, 5) is 24.2. The molecule has 1 unspecified atom stereocenters. The van der Waals surface area contributed by atoms with E-state index >= 15 is 0 Å². The summed E-state index contributed by atoms with van der Waals surface area (Å²) in [5.74, 6) is -0.910. The lowest BCUT2D eigenvalue weighted by atomic mass is 10.1. The summed E-state index contributed by atoms with van der Waals surface area (Å²) in [5.41, 5.74) is 0.667. The molecule has 1 aliphatic heterocycles. The second kappa shape index (κ2) is 4.86. The molecule has 0 radical (unpaired) electrons. The van der Waals surface area contributed by atoms with Gasteiger partial charge in [-0.05, 0) is 12.1 Å². The summed E-state index contributed by atoms with van der Waals surface area (Å²) in [6.45, 7) is 0.427. The highest BCUT2D eigenvalue weighted by Crippen LogP contribution is 2.29. The van der Waals surface area contributed by atoms with E-state index in [2.05, 4.69) is 0 Å². The van der Waals surface area contributed by atoms with Crippen molar-refractivity contribution in [3.8, 4) is 5.75 Å². The average molecular weight is 270 g/mol. The molecule has 5 nitrogen and oxygen atoms in total. The zero-order valence-corrected chi connectivity index (χ0v) is 10.5. The molecule has 1 amide bonds. The summed E-state index contributed by atoms with van der Waals surface area (Å²) in [7, 11) is 1.39. The van der Waals surface area contributed by atoms with Crippen molar-refractivity contribution in [1.29, 1.82) is 0 Å². The number of nitrogens with zero attached hydrogens (tertiary/aromatic N) is 1. The Morgan fingerprint density at radius 3 is 2.78 bits per heavy atom. The van der Waals surface area contributed by atoms with Gasteiger partial charge in [-0.1, -0.05) is 0 Å². The number of anilines is 1. The predicted molar refractivity (Wildman–Crippen MR) is 66.6 cm³/mol. The quantitative estimate of drug-likeness (QED) is 0.849. The molecule has 0 saturated carbocycles. The normalized spacial score (nSPS) is 19.1. The molecule has 0 aromatic heterocycles. The lowest BCUT2D eigenvalue weighted by molar-refractivity contribution is -0.117. The van der Waals surface area contributed by atoms with Gasteiger partial charge < -0.3 is 14.7 Å². The van der Waals surface area contributed by atoms with Crippen LogP contribution in [0.25, 0.3) is 0 Å². The van der Waals surface area contributed by atoms with Crippen molar-refractivity contribution >= 4 is 29.2 Å². The minimum Gasteiger partial charge on any atom is -0.496 e. The van der Waals surface area contributed by atoms with Crippen molar-refractivity contribution in [2.45, 2.75) is 11.8 Å². The number of rotatable bonds is 3. The summed E-state index contributed by atoms with van der Waals surface area (Å²) in [6, 6.07) is 4.54. The van der Waals surface area contributed by atoms with Gasteiger partial charge in [-0.3, -0.25) is 4.79 Å². The highest BCUT2D eigenvalue weighted by molar-refractivity contribution is 6.24. The van der Waals surface area contributed by atoms with Crippen molar-refractivity contribution in [3.05, 3.63) is 23.8 Å². The number of carbonyl (C=O) groups excluding carboxylic acids is 1. The van der Waals surface area contributed by atoms with Crippen molar-refractivity contribution in [2.24, 2.45) is 0 Å². The molecule has 1 aliphatic rings. The lowest BCUT2D eigenvalue weighted by Crippen LogP contribution is -2.24. The van der Waals surface area contributed by atoms with Crippen LogP contribution < -0.4 is 9.64 Å². The number of amides is 1. The minimum atomic E-state index is -1.07. The number of carbonyl (C=O) groups is 2. The Morgan fingerprint density at radius 2 is 2.28 bits per heavy atom. The number of ether oxygens (including phenoxy) is 1. The van der Waals surface area contributed by atoms with E-state index in [1.165, 1.54) is 24.1 Å². The van der Waals surface area contributed by atoms with Crippen LogP contribution >= 0.6 is 11.6 Å². The molecule has 1 N–H and O–H groups in total. The van der Waals surface area contributed by atoms with Crippen LogP contribution in [0.1, 0.15) is 16.8 Å². The number of carboxylic acid groups (broad SMARTS) is 1. The Morgan fingerprint density at radius 1 is 1.56 bits per heavy atom. The van der Waals surface area contributed by atoms with E-state index in [0.717, 1.165) is 0 Å². The molecule has 1 saturated heterocycles. The molecule has 1 aromatic carbocycles. The molecule has 1 heterocycles. The summed E-state index contributed by atoms with van der Waals surface area (Å²) in [5, 5.41) is 8.76. The molecule has 0 aliphatic carbocycles. The van der Waals surface area contributed by atoms with Crippen LogP contribution in [0.15, 0.2) is 18.2 Å². The van der Waals surface area contributed by atoms with Crippen LogP contribution in [0, 0.1) is 0 Å². The molecule has 2 rings (SSSR count). The Balaban J connectivity index is 2.36. The van der Waals surface area contributed by atoms with Crippen LogP contribution in [0.5, 0.6) is 5.75 Å². The van der Waals surface area contributed by atoms with Crippen molar-refractivity contribution < 1.29 is 19.4 Å². The number of benzene rings is 1. The maximum Gasteiger partial charge on any atom is 0.339 e. The molecule has 0 spiro atoms. The minimum absolute atomic E-state index is 0.0651. The Labute approximate surface area is 109 Å². The molecule has 1 fully saturated rings. The Kier molecular flexibility index (Phi) is 3.43. The van der Waals surface area contributed by atoms with Gasteiger partial charge in [0.15, 0.2) is 0 Å². The number of hydrogen-bond donors (Lipinski definition) is 1. The van der Waals surface area contributed by atoms with Gasteiger partial charge in [0.05, 0.1) is 12.5 Å². The van der Waals surface area contributed by atoms with Crippen molar-refractivity contribution in [2.75, 3.05) is 18.6 Å².